The van der Waals surface area contributed by atoms with Gasteiger partial charge < -0.3 is 10.8 Å². The highest BCUT2D eigenvalue weighted by Gasteiger charge is 2.34. The van der Waals surface area contributed by atoms with Gasteiger partial charge in [-0.25, -0.2) is 4.39 Å². The van der Waals surface area contributed by atoms with Crippen LogP contribution in [0.2, 0.25) is 0 Å². The maximum atomic E-state index is 13.0. The van der Waals surface area contributed by atoms with E-state index in [2.05, 4.69) is 0 Å². The number of alkyl halides is 1. The molecule has 0 bridgehead atoms. The van der Waals surface area contributed by atoms with Crippen molar-refractivity contribution in [2.45, 2.75) is 32.0 Å². The Bertz CT molecular complexity index is 136. The van der Waals surface area contributed by atoms with E-state index in [0.717, 1.165) is 0 Å². The molecule has 0 saturated carbocycles. The lowest BCUT2D eigenvalue weighted by Gasteiger charge is -2.21. The molecular formula is C6H12FNO2. The van der Waals surface area contributed by atoms with E-state index >= 15 is 0 Å². The molecule has 0 fully saturated rings. The van der Waals surface area contributed by atoms with Gasteiger partial charge in [-0.3, -0.25) is 4.79 Å². The van der Waals surface area contributed by atoms with Crippen LogP contribution in [0.3, 0.4) is 0 Å². The fourth-order valence-corrected chi connectivity index (χ4v) is 0.477. The van der Waals surface area contributed by atoms with E-state index in [-0.39, 0.29) is 6.42 Å². The molecule has 0 spiro atoms. The summed E-state index contributed by atoms with van der Waals surface area (Å²) >= 11 is 0. The second kappa shape index (κ2) is 2.96. The largest absolute Gasteiger partial charge is 0.480 e. The van der Waals surface area contributed by atoms with Gasteiger partial charge in [0.25, 0.3) is 0 Å². The highest BCUT2D eigenvalue weighted by molar-refractivity contribution is 5.74. The van der Waals surface area contributed by atoms with E-state index in [1.54, 1.807) is 6.92 Å². The second-order valence-corrected chi connectivity index (χ2v) is 2.45. The summed E-state index contributed by atoms with van der Waals surface area (Å²) < 4.78 is 13.0. The summed E-state index contributed by atoms with van der Waals surface area (Å²) in [6, 6.07) is -1.42. The van der Waals surface area contributed by atoms with Crippen LogP contribution in [-0.4, -0.2) is 22.8 Å². The molecule has 0 radical (unpaired) electrons. The zero-order valence-corrected chi connectivity index (χ0v) is 6.10. The van der Waals surface area contributed by atoms with Crippen LogP contribution in [0.5, 0.6) is 0 Å². The van der Waals surface area contributed by atoms with Crippen molar-refractivity contribution < 1.29 is 14.3 Å². The molecule has 0 amide bonds. The zero-order valence-electron chi connectivity index (χ0n) is 6.10. The van der Waals surface area contributed by atoms with Gasteiger partial charge in [-0.15, -0.1) is 0 Å². The summed E-state index contributed by atoms with van der Waals surface area (Å²) in [5.74, 6) is -1.30. The van der Waals surface area contributed by atoms with Gasteiger partial charge in [0, 0.05) is 0 Å². The van der Waals surface area contributed by atoms with E-state index in [9.17, 15) is 9.18 Å². The van der Waals surface area contributed by atoms with Crippen molar-refractivity contribution in [1.29, 1.82) is 0 Å². The first kappa shape index (κ1) is 9.36. The highest BCUT2D eigenvalue weighted by Crippen LogP contribution is 2.18. The van der Waals surface area contributed by atoms with Crippen LogP contribution < -0.4 is 5.73 Å². The van der Waals surface area contributed by atoms with Gasteiger partial charge in [0.15, 0.2) is 0 Å². The van der Waals surface area contributed by atoms with Crippen LogP contribution in [0, 0.1) is 0 Å². The molecule has 4 heteroatoms. The van der Waals surface area contributed by atoms with Crippen LogP contribution >= 0.6 is 0 Å². The molecule has 0 aromatic rings. The normalized spacial score (nSPS) is 19.6. The summed E-state index contributed by atoms with van der Waals surface area (Å²) in [5.41, 5.74) is 3.23. The molecule has 0 aliphatic carbocycles. The lowest BCUT2D eigenvalue weighted by molar-refractivity contribution is -0.142. The van der Waals surface area contributed by atoms with Gasteiger partial charge in [-0.1, -0.05) is 6.92 Å². The molecule has 2 unspecified atom stereocenters. The minimum absolute atomic E-state index is 0.112. The lowest BCUT2D eigenvalue weighted by atomic mass is 9.97. The maximum Gasteiger partial charge on any atom is 0.323 e. The molecule has 3 nitrogen and oxygen atoms in total. The number of halogens is 1. The SMILES string of the molecule is CCC(C)(F)C(N)C(=O)O. The molecule has 0 aliphatic heterocycles. The van der Waals surface area contributed by atoms with E-state index in [1.807, 2.05) is 0 Å². The van der Waals surface area contributed by atoms with Crippen molar-refractivity contribution in [3.05, 3.63) is 0 Å². The van der Waals surface area contributed by atoms with Gasteiger partial charge >= 0.3 is 5.97 Å². The Morgan fingerprint density at radius 1 is 1.90 bits per heavy atom. The number of carbonyl (C=O) groups is 1. The second-order valence-electron chi connectivity index (χ2n) is 2.45. The summed E-state index contributed by atoms with van der Waals surface area (Å²) in [7, 11) is 0. The minimum Gasteiger partial charge on any atom is -0.480 e. The number of nitrogens with two attached hydrogens (primary N) is 1. The van der Waals surface area contributed by atoms with E-state index in [1.165, 1.54) is 6.92 Å². The van der Waals surface area contributed by atoms with Crippen LogP contribution in [0.15, 0.2) is 0 Å². The first-order valence-corrected chi connectivity index (χ1v) is 3.09. The van der Waals surface area contributed by atoms with Crippen LogP contribution in [-0.2, 0) is 4.79 Å². The Hall–Kier alpha value is -0.640. The maximum absolute atomic E-state index is 13.0. The molecular weight excluding hydrogens is 137 g/mol. The quantitative estimate of drug-likeness (QED) is 0.615. The zero-order chi connectivity index (χ0) is 8.36. The predicted molar refractivity (Wildman–Crippen MR) is 35.4 cm³/mol. The Labute approximate surface area is 59.0 Å². The predicted octanol–water partition coefficient (Wildman–Crippen LogP) is 0.536. The smallest absolute Gasteiger partial charge is 0.323 e. The first-order chi connectivity index (χ1) is 4.41. The Morgan fingerprint density at radius 3 is 2.40 bits per heavy atom. The molecule has 0 aromatic heterocycles. The third kappa shape index (κ3) is 1.95. The summed E-state index contributed by atoms with van der Waals surface area (Å²) in [6.07, 6.45) is 0.112. The molecule has 3 N–H and O–H groups in total. The van der Waals surface area contributed by atoms with Crippen molar-refractivity contribution in [3.8, 4) is 0 Å². The van der Waals surface area contributed by atoms with Crippen molar-refractivity contribution in [2.24, 2.45) is 5.73 Å². The minimum atomic E-state index is -1.80. The van der Waals surface area contributed by atoms with Gasteiger partial charge in [0.2, 0.25) is 0 Å². The number of aliphatic carboxylic acids is 1. The van der Waals surface area contributed by atoms with Crippen molar-refractivity contribution in [3.63, 3.8) is 0 Å². The highest BCUT2D eigenvalue weighted by atomic mass is 19.1. The molecule has 0 aliphatic rings. The van der Waals surface area contributed by atoms with Crippen molar-refractivity contribution >= 4 is 5.97 Å². The average molecular weight is 149 g/mol. The summed E-state index contributed by atoms with van der Waals surface area (Å²) in [6.45, 7) is 2.74. The number of hydrogen-bond donors (Lipinski definition) is 2. The molecule has 10 heavy (non-hydrogen) atoms. The number of carboxylic acid groups (broad SMARTS) is 1. The Morgan fingerprint density at radius 2 is 2.30 bits per heavy atom. The van der Waals surface area contributed by atoms with E-state index < -0.39 is 17.7 Å². The topological polar surface area (TPSA) is 63.3 Å². The standard InChI is InChI=1S/C6H12FNO2/c1-3-6(2,7)4(8)5(9)10/h4H,3,8H2,1-2H3,(H,9,10). The average Bonchev–Trinajstić information content (AvgIpc) is 1.86. The number of carboxylic acids is 1. The van der Waals surface area contributed by atoms with Crippen molar-refractivity contribution in [1.82, 2.24) is 0 Å². The van der Waals surface area contributed by atoms with Gasteiger partial charge in [-0.05, 0) is 13.3 Å². The summed E-state index contributed by atoms with van der Waals surface area (Å²) in [5, 5.41) is 8.28. The molecule has 60 valence electrons. The molecule has 0 aromatic carbocycles. The molecule has 2 atom stereocenters. The summed E-state index contributed by atoms with van der Waals surface area (Å²) in [4.78, 5) is 10.1. The Kier molecular flexibility index (Phi) is 2.77. The van der Waals surface area contributed by atoms with Crippen LogP contribution in [0.4, 0.5) is 4.39 Å². The first-order valence-electron chi connectivity index (χ1n) is 3.09. The third-order valence-electron chi connectivity index (χ3n) is 1.61. The van der Waals surface area contributed by atoms with Crippen LogP contribution in [0.25, 0.3) is 0 Å². The van der Waals surface area contributed by atoms with Gasteiger partial charge in [-0.2, -0.15) is 0 Å². The van der Waals surface area contributed by atoms with E-state index in [4.69, 9.17) is 10.8 Å². The van der Waals surface area contributed by atoms with Gasteiger partial charge in [0.1, 0.15) is 11.7 Å². The fraction of sp³-hybridized carbons (Fsp3) is 0.833. The van der Waals surface area contributed by atoms with Gasteiger partial charge in [0.05, 0.1) is 0 Å². The Balaban J connectivity index is 4.17. The fourth-order valence-electron chi connectivity index (χ4n) is 0.477. The lowest BCUT2D eigenvalue weighted by Crippen LogP contribution is -2.47. The molecule has 0 saturated heterocycles. The van der Waals surface area contributed by atoms with E-state index in [0.29, 0.717) is 0 Å². The monoisotopic (exact) mass is 149 g/mol. The third-order valence-corrected chi connectivity index (χ3v) is 1.61. The number of hydrogen-bond acceptors (Lipinski definition) is 2. The van der Waals surface area contributed by atoms with Crippen LogP contribution in [0.1, 0.15) is 20.3 Å². The molecule has 0 heterocycles. The molecule has 0 rings (SSSR count). The van der Waals surface area contributed by atoms with Crippen molar-refractivity contribution in [2.75, 3.05) is 0 Å². The number of rotatable bonds is 3.